The monoisotopic (exact) mass is 488 g/mol. The van der Waals surface area contributed by atoms with Crippen molar-refractivity contribution in [3.8, 4) is 22.4 Å². The molecule has 3 heterocycles. The van der Waals surface area contributed by atoms with E-state index in [1.165, 1.54) is 25.6 Å². The molecule has 182 valence electrons. The van der Waals surface area contributed by atoms with Gasteiger partial charge in [0.25, 0.3) is 17.7 Å². The minimum Gasteiger partial charge on any atom is -0.354 e. The quantitative estimate of drug-likeness (QED) is 0.410. The number of pyridine rings is 2. The Hall–Kier alpha value is -4.60. The zero-order valence-corrected chi connectivity index (χ0v) is 19.7. The fraction of sp³-hybridized carbons (Fsp3) is 0.154. The second kappa shape index (κ2) is 9.95. The van der Waals surface area contributed by atoms with Gasteiger partial charge in [-0.3, -0.25) is 19.6 Å². The van der Waals surface area contributed by atoms with Gasteiger partial charge in [-0.15, -0.1) is 0 Å². The van der Waals surface area contributed by atoms with Crippen molar-refractivity contribution >= 4 is 17.5 Å². The van der Waals surface area contributed by atoms with E-state index in [9.17, 15) is 18.4 Å². The number of hydrogen-bond acceptors (Lipinski definition) is 6. The van der Waals surface area contributed by atoms with Crippen LogP contribution in [-0.2, 0) is 5.92 Å². The number of hydrogen-bond donors (Lipinski definition) is 2. The molecule has 0 unspecified atom stereocenters. The highest BCUT2D eigenvalue weighted by Gasteiger charge is 2.27. The third-order valence-corrected chi connectivity index (χ3v) is 5.44. The Kier molecular flexibility index (Phi) is 6.77. The number of carbonyl (C=O) groups is 2. The average Bonchev–Trinajstić information content (AvgIpc) is 2.89. The summed E-state index contributed by atoms with van der Waals surface area (Å²) in [6, 6.07) is 11.2. The van der Waals surface area contributed by atoms with E-state index in [1.807, 2.05) is 19.1 Å². The maximum absolute atomic E-state index is 13.6. The third-order valence-electron chi connectivity index (χ3n) is 5.44. The summed E-state index contributed by atoms with van der Waals surface area (Å²) >= 11 is 0. The fourth-order valence-electron chi connectivity index (χ4n) is 3.52. The van der Waals surface area contributed by atoms with Crippen LogP contribution in [0.1, 0.15) is 39.0 Å². The highest BCUT2D eigenvalue weighted by molar-refractivity contribution is 6.04. The molecule has 0 saturated carbocycles. The number of aromatic nitrogens is 4. The van der Waals surface area contributed by atoms with E-state index in [1.54, 1.807) is 30.6 Å². The summed E-state index contributed by atoms with van der Waals surface area (Å²) in [4.78, 5) is 40.9. The summed E-state index contributed by atoms with van der Waals surface area (Å²) in [7, 11) is 1.52. The molecule has 3 aromatic heterocycles. The minimum absolute atomic E-state index is 0.0722. The zero-order chi connectivity index (χ0) is 25.9. The van der Waals surface area contributed by atoms with Gasteiger partial charge in [0.15, 0.2) is 0 Å². The van der Waals surface area contributed by atoms with Crippen LogP contribution in [0.15, 0.2) is 67.4 Å². The van der Waals surface area contributed by atoms with Gasteiger partial charge in [0.2, 0.25) is 0 Å². The van der Waals surface area contributed by atoms with Crippen LogP contribution in [-0.4, -0.2) is 38.8 Å². The van der Waals surface area contributed by atoms with E-state index < -0.39 is 17.5 Å². The second-order valence-corrected chi connectivity index (χ2v) is 8.13. The molecule has 4 aromatic rings. The summed E-state index contributed by atoms with van der Waals surface area (Å²) in [6.07, 6.45) is 5.80. The number of aryl methyl sites for hydroxylation is 1. The lowest BCUT2D eigenvalue weighted by Crippen LogP contribution is -2.19. The smallest absolute Gasteiger partial charge is 0.286 e. The Morgan fingerprint density at radius 2 is 1.69 bits per heavy atom. The molecule has 0 aliphatic rings. The summed E-state index contributed by atoms with van der Waals surface area (Å²) in [5, 5.41) is 5.28. The molecule has 0 bridgehead atoms. The molecule has 0 fully saturated rings. The lowest BCUT2D eigenvalue weighted by Gasteiger charge is -2.13. The van der Waals surface area contributed by atoms with Crippen LogP contribution in [0.5, 0.6) is 0 Å². The van der Waals surface area contributed by atoms with Gasteiger partial charge in [-0.2, -0.15) is 8.78 Å². The highest BCUT2D eigenvalue weighted by atomic mass is 19.3. The number of benzene rings is 1. The lowest BCUT2D eigenvalue weighted by molar-refractivity contribution is 0.0127. The number of alkyl halides is 2. The third kappa shape index (κ3) is 5.38. The van der Waals surface area contributed by atoms with Crippen molar-refractivity contribution in [1.82, 2.24) is 25.3 Å². The Morgan fingerprint density at radius 3 is 2.44 bits per heavy atom. The van der Waals surface area contributed by atoms with Gasteiger partial charge in [0.05, 0.1) is 5.69 Å². The molecule has 1 aromatic carbocycles. The largest absolute Gasteiger partial charge is 0.354 e. The van der Waals surface area contributed by atoms with Crippen molar-refractivity contribution in [2.45, 2.75) is 19.8 Å². The maximum atomic E-state index is 13.6. The molecule has 36 heavy (non-hydrogen) atoms. The van der Waals surface area contributed by atoms with Gasteiger partial charge < -0.3 is 10.6 Å². The van der Waals surface area contributed by atoms with Crippen molar-refractivity contribution in [2.24, 2.45) is 0 Å². The first-order valence-electron chi connectivity index (χ1n) is 10.9. The molecular weight excluding hydrogens is 466 g/mol. The van der Waals surface area contributed by atoms with Crippen LogP contribution in [0, 0.1) is 6.92 Å². The number of rotatable bonds is 6. The normalized spacial score (nSPS) is 11.1. The second-order valence-electron chi connectivity index (χ2n) is 8.13. The highest BCUT2D eigenvalue weighted by Crippen LogP contribution is 2.30. The lowest BCUT2D eigenvalue weighted by atomic mass is 9.99. The fourth-order valence-corrected chi connectivity index (χ4v) is 3.52. The number of amides is 2. The van der Waals surface area contributed by atoms with Crippen LogP contribution < -0.4 is 10.6 Å². The van der Waals surface area contributed by atoms with Gasteiger partial charge in [-0.25, -0.2) is 9.97 Å². The maximum Gasteiger partial charge on any atom is 0.286 e. The molecule has 0 spiro atoms. The summed E-state index contributed by atoms with van der Waals surface area (Å²) in [5.41, 5.74) is 4.01. The minimum atomic E-state index is -3.16. The van der Waals surface area contributed by atoms with Crippen LogP contribution in [0.4, 0.5) is 14.5 Å². The number of carbonyl (C=O) groups excluding carboxylic acids is 2. The topological polar surface area (TPSA) is 110 Å². The molecule has 2 amide bonds. The molecule has 4 rings (SSSR count). The summed E-state index contributed by atoms with van der Waals surface area (Å²) in [6.45, 7) is 2.65. The van der Waals surface area contributed by atoms with Crippen molar-refractivity contribution in [2.75, 3.05) is 12.4 Å². The molecule has 0 aliphatic carbocycles. The number of nitrogens with zero attached hydrogens (tertiary/aromatic N) is 4. The number of nitrogens with one attached hydrogen (secondary N) is 2. The average molecular weight is 488 g/mol. The van der Waals surface area contributed by atoms with Crippen molar-refractivity contribution < 1.29 is 18.4 Å². The van der Waals surface area contributed by atoms with Gasteiger partial charge in [-0.1, -0.05) is 6.07 Å². The van der Waals surface area contributed by atoms with Crippen molar-refractivity contribution in [1.29, 1.82) is 0 Å². The first-order chi connectivity index (χ1) is 17.2. The molecule has 8 nitrogen and oxygen atoms in total. The Bertz CT molecular complexity index is 1450. The molecule has 0 aliphatic heterocycles. The SMILES string of the molecule is CNC(=O)c1cc(-c2cncc(-c3cc(NC(=O)c4ccnc(C(C)(F)F)c4)ccc3C)c2)ncn1. The molecular formula is C26H22F2N6O2. The predicted molar refractivity (Wildman–Crippen MR) is 131 cm³/mol. The molecule has 10 heteroatoms. The van der Waals surface area contributed by atoms with Crippen molar-refractivity contribution in [3.05, 3.63) is 89.9 Å². The van der Waals surface area contributed by atoms with E-state index in [0.29, 0.717) is 16.9 Å². The first-order valence-corrected chi connectivity index (χ1v) is 10.9. The summed E-state index contributed by atoms with van der Waals surface area (Å²) in [5.74, 6) is -4.02. The Labute approximate surface area is 205 Å². The van der Waals surface area contributed by atoms with E-state index >= 15 is 0 Å². The zero-order valence-electron chi connectivity index (χ0n) is 19.7. The molecule has 0 radical (unpaired) electrons. The van der Waals surface area contributed by atoms with E-state index in [2.05, 4.69) is 30.6 Å². The van der Waals surface area contributed by atoms with Crippen molar-refractivity contribution in [3.63, 3.8) is 0 Å². The number of anilines is 1. The van der Waals surface area contributed by atoms with Gasteiger partial charge >= 0.3 is 0 Å². The van der Waals surface area contributed by atoms with Gasteiger partial charge in [0, 0.05) is 54.9 Å². The Balaban J connectivity index is 1.63. The number of halogens is 2. The van der Waals surface area contributed by atoms with Crippen LogP contribution in [0.2, 0.25) is 0 Å². The molecule has 0 atom stereocenters. The molecule has 0 saturated heterocycles. The van der Waals surface area contributed by atoms with Gasteiger partial charge in [-0.05, 0) is 54.4 Å². The standard InChI is InChI=1S/C26H22F2N6O2/c1-15-4-5-19(34-24(35)16-6-7-31-23(9-16)26(2,27)28)10-20(15)17-8-18(13-30-12-17)21-11-22(25(36)29-3)33-14-32-21/h4-14H,1-3H3,(H,29,36)(H,34,35). The van der Waals surface area contributed by atoms with E-state index in [-0.39, 0.29) is 17.2 Å². The van der Waals surface area contributed by atoms with Crippen LogP contribution in [0.25, 0.3) is 22.4 Å². The summed E-state index contributed by atoms with van der Waals surface area (Å²) < 4.78 is 27.2. The van der Waals surface area contributed by atoms with Crippen LogP contribution in [0.3, 0.4) is 0 Å². The predicted octanol–water partition coefficient (Wildman–Crippen LogP) is 4.63. The Morgan fingerprint density at radius 1 is 0.917 bits per heavy atom. The van der Waals surface area contributed by atoms with Crippen LogP contribution >= 0.6 is 0 Å². The van der Waals surface area contributed by atoms with E-state index in [0.717, 1.165) is 29.7 Å². The molecule has 2 N–H and O–H groups in total. The van der Waals surface area contributed by atoms with E-state index in [4.69, 9.17) is 0 Å². The first kappa shape index (κ1) is 24.5. The van der Waals surface area contributed by atoms with Gasteiger partial charge in [0.1, 0.15) is 17.7 Å².